The molecule has 1 aliphatic rings. The second-order valence-electron chi connectivity index (χ2n) is 4.11. The molecule has 1 fully saturated rings. The molecular weight excluding hydrogens is 184 g/mol. The van der Waals surface area contributed by atoms with Gasteiger partial charge in [-0.1, -0.05) is 18.2 Å². The van der Waals surface area contributed by atoms with E-state index in [0.29, 0.717) is 0 Å². The fraction of sp³-hybridized carbons (Fsp3) is 0.231. The summed E-state index contributed by atoms with van der Waals surface area (Å²) in [6.07, 6.45) is 3.80. The van der Waals surface area contributed by atoms with Crippen LogP contribution < -0.4 is 0 Å². The van der Waals surface area contributed by atoms with E-state index >= 15 is 0 Å². The third-order valence-electron chi connectivity index (χ3n) is 3.11. The van der Waals surface area contributed by atoms with Gasteiger partial charge in [0.25, 0.3) is 0 Å². The van der Waals surface area contributed by atoms with E-state index in [1.165, 1.54) is 0 Å². The van der Waals surface area contributed by atoms with Crippen LogP contribution in [0.5, 0.6) is 0 Å². The zero-order valence-corrected chi connectivity index (χ0v) is 8.27. The van der Waals surface area contributed by atoms with E-state index in [1.54, 1.807) is 0 Å². The van der Waals surface area contributed by atoms with E-state index in [1.807, 2.05) is 30.5 Å². The summed E-state index contributed by atoms with van der Waals surface area (Å²) in [5, 5.41) is 10.2. The van der Waals surface area contributed by atoms with Gasteiger partial charge in [0, 0.05) is 11.6 Å². The molecule has 1 heterocycles. The van der Waals surface area contributed by atoms with Crippen LogP contribution in [-0.2, 0) is 5.41 Å². The first-order valence-electron chi connectivity index (χ1n) is 5.11. The van der Waals surface area contributed by atoms with Crippen molar-refractivity contribution in [2.45, 2.75) is 18.3 Å². The molecular formula is C13H10N2. The molecule has 1 aliphatic carbocycles. The largest absolute Gasteiger partial charge is 0.256 e. The molecule has 2 heteroatoms. The summed E-state index contributed by atoms with van der Waals surface area (Å²) in [4.78, 5) is 4.38. The average molecular weight is 194 g/mol. The lowest BCUT2D eigenvalue weighted by Crippen LogP contribution is -2.02. The highest BCUT2D eigenvalue weighted by Gasteiger charge is 2.45. The van der Waals surface area contributed by atoms with E-state index in [-0.39, 0.29) is 5.41 Å². The van der Waals surface area contributed by atoms with Crippen LogP contribution >= 0.6 is 0 Å². The van der Waals surface area contributed by atoms with Crippen molar-refractivity contribution in [2.24, 2.45) is 0 Å². The third-order valence-corrected chi connectivity index (χ3v) is 3.11. The van der Waals surface area contributed by atoms with Gasteiger partial charge in [-0.3, -0.25) is 4.98 Å². The molecule has 1 saturated carbocycles. The highest BCUT2D eigenvalue weighted by Crippen LogP contribution is 2.47. The summed E-state index contributed by atoms with van der Waals surface area (Å²) in [7, 11) is 0. The van der Waals surface area contributed by atoms with Gasteiger partial charge < -0.3 is 0 Å². The predicted octanol–water partition coefficient (Wildman–Crippen LogP) is 2.79. The number of fused-ring (bicyclic) bond motifs is 1. The van der Waals surface area contributed by atoms with Crippen LogP contribution in [0, 0.1) is 11.3 Å². The Hall–Kier alpha value is -1.88. The minimum absolute atomic E-state index is 0.225. The van der Waals surface area contributed by atoms with E-state index in [2.05, 4.69) is 17.1 Å². The first-order valence-corrected chi connectivity index (χ1v) is 5.11. The topological polar surface area (TPSA) is 36.7 Å². The van der Waals surface area contributed by atoms with Crippen molar-refractivity contribution in [3.8, 4) is 6.07 Å². The van der Waals surface area contributed by atoms with E-state index < -0.39 is 0 Å². The molecule has 2 aromatic rings. The second kappa shape index (κ2) is 2.80. The summed E-state index contributed by atoms with van der Waals surface area (Å²) < 4.78 is 0. The van der Waals surface area contributed by atoms with Crippen LogP contribution in [0.3, 0.4) is 0 Å². The fourth-order valence-electron chi connectivity index (χ4n) is 1.92. The molecule has 0 saturated heterocycles. The minimum Gasteiger partial charge on any atom is -0.256 e. The number of aromatic nitrogens is 1. The van der Waals surface area contributed by atoms with Crippen LogP contribution in [0.4, 0.5) is 0 Å². The van der Waals surface area contributed by atoms with Crippen LogP contribution in [0.2, 0.25) is 0 Å². The highest BCUT2D eigenvalue weighted by atomic mass is 14.7. The number of rotatable bonds is 1. The Morgan fingerprint density at radius 1 is 1.27 bits per heavy atom. The van der Waals surface area contributed by atoms with E-state index in [9.17, 15) is 0 Å². The predicted molar refractivity (Wildman–Crippen MR) is 58.3 cm³/mol. The molecule has 0 N–H and O–H groups in total. The van der Waals surface area contributed by atoms with Crippen LogP contribution in [0.1, 0.15) is 18.4 Å². The minimum atomic E-state index is -0.225. The molecule has 15 heavy (non-hydrogen) atoms. The van der Waals surface area contributed by atoms with Gasteiger partial charge in [-0.05, 0) is 30.5 Å². The molecule has 3 rings (SSSR count). The average Bonchev–Trinajstić information content (AvgIpc) is 3.09. The maximum atomic E-state index is 9.10. The lowest BCUT2D eigenvalue weighted by atomic mass is 9.98. The summed E-state index contributed by atoms with van der Waals surface area (Å²) in [5.41, 5.74) is 1.84. The van der Waals surface area contributed by atoms with Gasteiger partial charge >= 0.3 is 0 Å². The lowest BCUT2D eigenvalue weighted by Gasteiger charge is -2.06. The van der Waals surface area contributed by atoms with Crippen molar-refractivity contribution in [3.63, 3.8) is 0 Å². The normalized spacial score (nSPS) is 17.3. The molecule has 0 unspecified atom stereocenters. The number of benzene rings is 1. The van der Waals surface area contributed by atoms with Crippen molar-refractivity contribution in [1.29, 1.82) is 5.26 Å². The van der Waals surface area contributed by atoms with E-state index in [0.717, 1.165) is 29.3 Å². The molecule has 1 aromatic carbocycles. The summed E-state index contributed by atoms with van der Waals surface area (Å²) in [5.74, 6) is 0. The Balaban J connectivity index is 2.19. The first-order chi connectivity index (χ1) is 7.34. The van der Waals surface area contributed by atoms with Gasteiger partial charge in [-0.25, -0.2) is 0 Å². The van der Waals surface area contributed by atoms with Crippen molar-refractivity contribution in [3.05, 3.63) is 42.1 Å². The summed E-state index contributed by atoms with van der Waals surface area (Å²) in [6.45, 7) is 0. The molecule has 0 aliphatic heterocycles. The number of hydrogen-bond donors (Lipinski definition) is 0. The van der Waals surface area contributed by atoms with Gasteiger partial charge in [0.1, 0.15) is 0 Å². The third kappa shape index (κ3) is 1.20. The van der Waals surface area contributed by atoms with Crippen molar-refractivity contribution >= 4 is 10.9 Å². The molecule has 0 amide bonds. The molecule has 0 atom stereocenters. The van der Waals surface area contributed by atoms with Gasteiger partial charge in [0.15, 0.2) is 0 Å². The zero-order chi connectivity index (χ0) is 10.3. The second-order valence-corrected chi connectivity index (χ2v) is 4.11. The molecule has 0 spiro atoms. The van der Waals surface area contributed by atoms with Gasteiger partial charge in [-0.2, -0.15) is 5.26 Å². The molecule has 72 valence electrons. The fourth-order valence-corrected chi connectivity index (χ4v) is 1.92. The first kappa shape index (κ1) is 8.43. The Kier molecular flexibility index (Phi) is 1.58. The smallest absolute Gasteiger partial charge is 0.0838 e. The molecule has 2 nitrogen and oxygen atoms in total. The molecule has 0 radical (unpaired) electrons. The monoisotopic (exact) mass is 194 g/mol. The Morgan fingerprint density at radius 3 is 2.80 bits per heavy atom. The van der Waals surface area contributed by atoms with Gasteiger partial charge in [-0.15, -0.1) is 0 Å². The standard InChI is InChI=1S/C13H10N2/c14-9-13(5-6-13)11-7-10-3-1-2-4-12(10)15-8-11/h1-4,7-8H,5-6H2. The summed E-state index contributed by atoms with van der Waals surface area (Å²) >= 11 is 0. The number of pyridine rings is 1. The van der Waals surface area contributed by atoms with Crippen molar-refractivity contribution in [2.75, 3.05) is 0 Å². The quantitative estimate of drug-likeness (QED) is 0.699. The number of nitriles is 1. The maximum absolute atomic E-state index is 9.10. The SMILES string of the molecule is N#CC1(c2cnc3ccccc3c2)CC1. The number of para-hydroxylation sites is 1. The lowest BCUT2D eigenvalue weighted by molar-refractivity contribution is 0.902. The van der Waals surface area contributed by atoms with Crippen molar-refractivity contribution in [1.82, 2.24) is 4.98 Å². The van der Waals surface area contributed by atoms with Crippen molar-refractivity contribution < 1.29 is 0 Å². The van der Waals surface area contributed by atoms with E-state index in [4.69, 9.17) is 5.26 Å². The molecule has 0 bridgehead atoms. The van der Waals surface area contributed by atoms with Gasteiger partial charge in [0.2, 0.25) is 0 Å². The Morgan fingerprint density at radius 2 is 2.07 bits per heavy atom. The number of nitrogens with zero attached hydrogens (tertiary/aromatic N) is 2. The van der Waals surface area contributed by atoms with Gasteiger partial charge in [0.05, 0.1) is 17.0 Å². The summed E-state index contributed by atoms with van der Waals surface area (Å²) in [6, 6.07) is 12.5. The van der Waals surface area contributed by atoms with Crippen LogP contribution in [0.25, 0.3) is 10.9 Å². The Bertz CT molecular complexity index is 562. The maximum Gasteiger partial charge on any atom is 0.0838 e. The zero-order valence-electron chi connectivity index (χ0n) is 8.27. The Labute approximate surface area is 88.2 Å². The van der Waals surface area contributed by atoms with Crippen LogP contribution in [0.15, 0.2) is 36.5 Å². The molecule has 1 aromatic heterocycles. The van der Waals surface area contributed by atoms with Crippen LogP contribution in [-0.4, -0.2) is 4.98 Å². The number of hydrogen-bond acceptors (Lipinski definition) is 2. The highest BCUT2D eigenvalue weighted by molar-refractivity contribution is 5.79.